The highest BCUT2D eigenvalue weighted by Crippen LogP contribution is 2.23. The van der Waals surface area contributed by atoms with Crippen molar-refractivity contribution in [3.8, 4) is 6.07 Å². The number of piperazine rings is 1. The number of sulfone groups is 1. The molecule has 0 aromatic heterocycles. The monoisotopic (exact) mass is 452 g/mol. The van der Waals surface area contributed by atoms with Crippen LogP contribution in [0, 0.1) is 11.3 Å². The van der Waals surface area contributed by atoms with Gasteiger partial charge in [-0.3, -0.25) is 14.7 Å². The summed E-state index contributed by atoms with van der Waals surface area (Å²) in [6.07, 6.45) is 3.53. The molecule has 32 heavy (non-hydrogen) atoms. The van der Waals surface area contributed by atoms with E-state index in [1.165, 1.54) is 6.26 Å². The summed E-state index contributed by atoms with van der Waals surface area (Å²) in [5.41, 5.74) is 2.80. The molecule has 2 aliphatic rings. The second-order valence-corrected chi connectivity index (χ2v) is 11.0. The first-order chi connectivity index (χ1) is 15.4. The van der Waals surface area contributed by atoms with Crippen molar-refractivity contribution in [3.63, 3.8) is 0 Å². The van der Waals surface area contributed by atoms with Crippen molar-refractivity contribution in [3.05, 3.63) is 65.2 Å². The molecule has 2 aromatic rings. The smallest absolute Gasteiger partial charge is 0.175 e. The van der Waals surface area contributed by atoms with Crippen LogP contribution in [-0.2, 0) is 22.9 Å². The molecule has 0 aliphatic carbocycles. The molecule has 2 heterocycles. The number of rotatable bonds is 6. The summed E-state index contributed by atoms with van der Waals surface area (Å²) in [6, 6.07) is 18.2. The molecule has 0 amide bonds. The van der Waals surface area contributed by atoms with Gasteiger partial charge in [0.25, 0.3) is 0 Å². The van der Waals surface area contributed by atoms with Gasteiger partial charge in [-0.05, 0) is 49.2 Å². The van der Waals surface area contributed by atoms with Gasteiger partial charge in [-0.1, -0.05) is 36.4 Å². The fourth-order valence-corrected chi connectivity index (χ4v) is 5.91. The average molecular weight is 453 g/mol. The van der Waals surface area contributed by atoms with Gasteiger partial charge in [0.15, 0.2) is 9.84 Å². The lowest BCUT2D eigenvalue weighted by Gasteiger charge is -2.43. The summed E-state index contributed by atoms with van der Waals surface area (Å²) in [5.74, 6) is 0. The number of nitrogens with zero attached hydrogens (tertiary/aromatic N) is 4. The van der Waals surface area contributed by atoms with Crippen molar-refractivity contribution >= 4 is 9.84 Å². The van der Waals surface area contributed by atoms with Gasteiger partial charge >= 0.3 is 0 Å². The second-order valence-electron chi connectivity index (χ2n) is 8.97. The lowest BCUT2D eigenvalue weighted by atomic mass is 10.0. The third kappa shape index (κ3) is 5.57. The van der Waals surface area contributed by atoms with Gasteiger partial charge in [0.2, 0.25) is 0 Å². The first-order valence-electron chi connectivity index (χ1n) is 11.4. The zero-order valence-corrected chi connectivity index (χ0v) is 19.6. The van der Waals surface area contributed by atoms with E-state index in [0.29, 0.717) is 17.5 Å². The average Bonchev–Trinajstić information content (AvgIpc) is 2.80. The van der Waals surface area contributed by atoms with Crippen LogP contribution in [0.3, 0.4) is 0 Å². The van der Waals surface area contributed by atoms with Crippen LogP contribution in [0.5, 0.6) is 0 Å². The highest BCUT2D eigenvalue weighted by Gasteiger charge is 2.28. The number of benzene rings is 2. The van der Waals surface area contributed by atoms with Crippen molar-refractivity contribution < 1.29 is 8.42 Å². The minimum Gasteiger partial charge on any atom is -0.299 e. The molecule has 2 aliphatic heterocycles. The van der Waals surface area contributed by atoms with E-state index in [1.807, 2.05) is 30.3 Å². The molecule has 0 radical (unpaired) electrons. The Morgan fingerprint density at radius 1 is 0.844 bits per heavy atom. The number of nitriles is 1. The third-order valence-electron chi connectivity index (χ3n) is 6.78. The van der Waals surface area contributed by atoms with Crippen LogP contribution in [0.25, 0.3) is 0 Å². The topological polar surface area (TPSA) is 67.7 Å². The maximum absolute atomic E-state index is 12.1. The number of hydrogen-bond acceptors (Lipinski definition) is 6. The van der Waals surface area contributed by atoms with Gasteiger partial charge < -0.3 is 0 Å². The van der Waals surface area contributed by atoms with Crippen molar-refractivity contribution in [1.82, 2.24) is 14.7 Å². The normalized spacial score (nSPS) is 19.6. The first kappa shape index (κ1) is 22.9. The Hall–Kier alpha value is -2.24. The van der Waals surface area contributed by atoms with E-state index in [2.05, 4.69) is 26.8 Å². The van der Waals surface area contributed by atoms with Gasteiger partial charge in [-0.15, -0.1) is 0 Å². The Morgan fingerprint density at radius 3 is 2.06 bits per heavy atom. The maximum atomic E-state index is 12.1. The van der Waals surface area contributed by atoms with Gasteiger partial charge in [0, 0.05) is 51.6 Å². The van der Waals surface area contributed by atoms with E-state index in [0.717, 1.165) is 75.3 Å². The van der Waals surface area contributed by atoms with Crippen LogP contribution in [-0.4, -0.2) is 74.7 Å². The summed E-state index contributed by atoms with van der Waals surface area (Å²) in [5, 5.41) is 9.32. The lowest BCUT2D eigenvalue weighted by molar-refractivity contribution is 0.0548. The van der Waals surface area contributed by atoms with Gasteiger partial charge in [-0.2, -0.15) is 5.26 Å². The summed E-state index contributed by atoms with van der Waals surface area (Å²) in [6.45, 7) is 7.73. The SMILES string of the molecule is CS(=O)(=O)c1ccccc1CN1CCC(N2CCN(Cc3ccccc3C#N)CC2)CC1. The summed E-state index contributed by atoms with van der Waals surface area (Å²) in [4.78, 5) is 7.91. The molecular weight excluding hydrogens is 420 g/mol. The predicted molar refractivity (Wildman–Crippen MR) is 126 cm³/mol. The van der Waals surface area contributed by atoms with Gasteiger partial charge in [0.05, 0.1) is 16.5 Å². The molecule has 7 heteroatoms. The molecule has 0 N–H and O–H groups in total. The molecule has 0 atom stereocenters. The van der Waals surface area contributed by atoms with Crippen LogP contribution >= 0.6 is 0 Å². The molecule has 6 nitrogen and oxygen atoms in total. The van der Waals surface area contributed by atoms with E-state index in [4.69, 9.17) is 0 Å². The fraction of sp³-hybridized carbons (Fsp3) is 0.480. The highest BCUT2D eigenvalue weighted by molar-refractivity contribution is 7.90. The highest BCUT2D eigenvalue weighted by atomic mass is 32.2. The van der Waals surface area contributed by atoms with Crippen LogP contribution in [0.4, 0.5) is 0 Å². The zero-order valence-electron chi connectivity index (χ0n) is 18.8. The molecule has 2 aromatic carbocycles. The van der Waals surface area contributed by atoms with Gasteiger partial charge in [-0.25, -0.2) is 8.42 Å². The Labute approximate surface area is 192 Å². The van der Waals surface area contributed by atoms with E-state index in [9.17, 15) is 13.7 Å². The quantitative estimate of drug-likeness (QED) is 0.671. The van der Waals surface area contributed by atoms with E-state index < -0.39 is 9.84 Å². The molecular formula is C25H32N4O2S. The van der Waals surface area contributed by atoms with Crippen LogP contribution < -0.4 is 0 Å². The molecule has 170 valence electrons. The fourth-order valence-electron chi connectivity index (χ4n) is 4.97. The Kier molecular flexibility index (Phi) is 7.27. The van der Waals surface area contributed by atoms with E-state index in [1.54, 1.807) is 12.1 Å². The summed E-state index contributed by atoms with van der Waals surface area (Å²) < 4.78 is 24.2. The molecule has 2 saturated heterocycles. The molecule has 4 rings (SSSR count). The van der Waals surface area contributed by atoms with Crippen LogP contribution in [0.1, 0.15) is 29.5 Å². The molecule has 0 bridgehead atoms. The van der Waals surface area contributed by atoms with Crippen molar-refractivity contribution in [2.75, 3.05) is 45.5 Å². The lowest BCUT2D eigenvalue weighted by Crippen LogP contribution is -2.52. The number of likely N-dealkylation sites (tertiary alicyclic amines) is 1. The van der Waals surface area contributed by atoms with E-state index in [-0.39, 0.29) is 0 Å². The molecule has 2 fully saturated rings. The van der Waals surface area contributed by atoms with E-state index >= 15 is 0 Å². The van der Waals surface area contributed by atoms with Crippen LogP contribution in [0.2, 0.25) is 0 Å². The zero-order chi connectivity index (χ0) is 22.6. The van der Waals surface area contributed by atoms with Gasteiger partial charge in [0.1, 0.15) is 0 Å². The van der Waals surface area contributed by atoms with Crippen molar-refractivity contribution in [1.29, 1.82) is 5.26 Å². The molecule has 0 saturated carbocycles. The summed E-state index contributed by atoms with van der Waals surface area (Å²) >= 11 is 0. The standard InChI is InChI=1S/C25H32N4O2S/c1-32(30,31)25-9-5-4-8-23(25)20-27-12-10-24(11-13-27)29-16-14-28(15-17-29)19-22-7-3-2-6-21(22)18-26/h2-9,24H,10-17,19-20H2,1H3. The Bertz CT molecular complexity index is 1060. The third-order valence-corrected chi connectivity index (χ3v) is 7.98. The maximum Gasteiger partial charge on any atom is 0.175 e. The van der Waals surface area contributed by atoms with Crippen LogP contribution in [0.15, 0.2) is 53.4 Å². The van der Waals surface area contributed by atoms with Crippen molar-refractivity contribution in [2.24, 2.45) is 0 Å². The molecule has 0 unspecified atom stereocenters. The first-order valence-corrected chi connectivity index (χ1v) is 13.3. The minimum absolute atomic E-state index is 0.455. The predicted octanol–water partition coefficient (Wildman–Crippen LogP) is 2.74. The number of piperidine rings is 1. The second kappa shape index (κ2) is 10.1. The molecule has 0 spiro atoms. The Morgan fingerprint density at radius 2 is 1.41 bits per heavy atom. The Balaban J connectivity index is 1.26. The van der Waals surface area contributed by atoms with Crippen molar-refractivity contribution in [2.45, 2.75) is 36.9 Å². The largest absolute Gasteiger partial charge is 0.299 e. The summed E-state index contributed by atoms with van der Waals surface area (Å²) in [7, 11) is -3.20. The number of hydrogen-bond donors (Lipinski definition) is 0. The minimum atomic E-state index is -3.20.